The van der Waals surface area contributed by atoms with Gasteiger partial charge in [0.15, 0.2) is 0 Å². The Morgan fingerprint density at radius 3 is 2.67 bits per heavy atom. The molecular formula is C14H20N2O5. The van der Waals surface area contributed by atoms with Gasteiger partial charge in [-0.15, -0.1) is 0 Å². The minimum Gasteiger partial charge on any atom is -0.506 e. The van der Waals surface area contributed by atoms with Crippen LogP contribution in [-0.4, -0.2) is 55.3 Å². The Kier molecular flexibility index (Phi) is 6.48. The fourth-order valence-corrected chi connectivity index (χ4v) is 1.68. The second-order valence-corrected chi connectivity index (χ2v) is 4.30. The van der Waals surface area contributed by atoms with E-state index in [0.717, 1.165) is 0 Å². The Labute approximate surface area is 123 Å². The number of aromatic hydroxyl groups is 1. The number of benzene rings is 1. The molecule has 116 valence electrons. The fraction of sp³-hybridized carbons (Fsp3) is 0.429. The predicted molar refractivity (Wildman–Crippen MR) is 76.9 cm³/mol. The lowest BCUT2D eigenvalue weighted by molar-refractivity contribution is -0.143. The summed E-state index contributed by atoms with van der Waals surface area (Å²) < 4.78 is 9.77. The molecule has 1 amide bonds. The summed E-state index contributed by atoms with van der Waals surface area (Å²) in [5.41, 5.74) is 5.92. The minimum absolute atomic E-state index is 0.177. The number of esters is 1. The van der Waals surface area contributed by atoms with E-state index in [0.29, 0.717) is 0 Å². The predicted octanol–water partition coefficient (Wildman–Crippen LogP) is 0.626. The maximum atomic E-state index is 12.4. The van der Waals surface area contributed by atoms with Crippen LogP contribution in [0.25, 0.3) is 0 Å². The van der Waals surface area contributed by atoms with Gasteiger partial charge >= 0.3 is 5.97 Å². The number of carbonyl (C=O) groups excluding carboxylic acids is 2. The van der Waals surface area contributed by atoms with E-state index in [4.69, 9.17) is 15.2 Å². The van der Waals surface area contributed by atoms with Gasteiger partial charge in [0, 0.05) is 19.2 Å². The average Bonchev–Trinajstić information content (AvgIpc) is 2.46. The molecule has 3 N–H and O–H groups in total. The number of nitrogen functional groups attached to an aromatic ring is 1. The molecule has 0 aliphatic heterocycles. The summed E-state index contributed by atoms with van der Waals surface area (Å²) >= 11 is 0. The van der Waals surface area contributed by atoms with Gasteiger partial charge in [-0.3, -0.25) is 9.59 Å². The molecule has 0 saturated heterocycles. The summed E-state index contributed by atoms with van der Waals surface area (Å²) in [5.74, 6) is -1.08. The molecule has 0 spiro atoms. The van der Waals surface area contributed by atoms with E-state index in [-0.39, 0.29) is 43.3 Å². The lowest BCUT2D eigenvalue weighted by Gasteiger charge is -2.21. The molecule has 7 heteroatoms. The van der Waals surface area contributed by atoms with Crippen molar-refractivity contribution in [1.82, 2.24) is 4.90 Å². The molecule has 0 bridgehead atoms. The van der Waals surface area contributed by atoms with Crippen LogP contribution < -0.4 is 5.73 Å². The number of phenolic OH excluding ortho intramolecular Hbond substituents is 1. The van der Waals surface area contributed by atoms with Crippen LogP contribution in [0.5, 0.6) is 5.75 Å². The Hall–Kier alpha value is -2.28. The first-order valence-electron chi connectivity index (χ1n) is 6.52. The van der Waals surface area contributed by atoms with E-state index < -0.39 is 11.9 Å². The highest BCUT2D eigenvalue weighted by atomic mass is 16.5. The standard InChI is InChI=1S/C14H20N2O5/c1-3-21-13(18)9-16(6-7-20-2)14(19)10-4-5-11(15)12(17)8-10/h4-5,8,17H,3,6-7,9,15H2,1-2H3. The summed E-state index contributed by atoms with van der Waals surface area (Å²) in [6.07, 6.45) is 0. The Morgan fingerprint density at radius 1 is 1.38 bits per heavy atom. The zero-order valence-electron chi connectivity index (χ0n) is 12.2. The van der Waals surface area contributed by atoms with Crippen molar-refractivity contribution >= 4 is 17.6 Å². The highest BCUT2D eigenvalue weighted by molar-refractivity contribution is 5.96. The van der Waals surface area contributed by atoms with Crippen molar-refractivity contribution in [2.45, 2.75) is 6.92 Å². The van der Waals surface area contributed by atoms with Crippen molar-refractivity contribution < 1.29 is 24.2 Å². The van der Waals surface area contributed by atoms with E-state index in [1.807, 2.05) is 0 Å². The monoisotopic (exact) mass is 296 g/mol. The normalized spacial score (nSPS) is 10.2. The molecule has 0 aliphatic rings. The summed E-state index contributed by atoms with van der Waals surface area (Å²) in [4.78, 5) is 25.2. The zero-order valence-corrected chi connectivity index (χ0v) is 12.2. The van der Waals surface area contributed by atoms with Gasteiger partial charge in [-0.1, -0.05) is 0 Å². The van der Waals surface area contributed by atoms with Gasteiger partial charge < -0.3 is 25.2 Å². The van der Waals surface area contributed by atoms with E-state index in [1.165, 1.54) is 30.2 Å². The molecule has 0 saturated carbocycles. The van der Waals surface area contributed by atoms with Gasteiger partial charge in [-0.25, -0.2) is 0 Å². The molecule has 0 heterocycles. The highest BCUT2D eigenvalue weighted by Gasteiger charge is 2.20. The smallest absolute Gasteiger partial charge is 0.325 e. The Balaban J connectivity index is 2.87. The van der Waals surface area contributed by atoms with E-state index >= 15 is 0 Å². The number of hydrogen-bond donors (Lipinski definition) is 2. The number of methoxy groups -OCH3 is 1. The Bertz CT molecular complexity index is 504. The SMILES string of the molecule is CCOC(=O)CN(CCOC)C(=O)c1ccc(N)c(O)c1. The Morgan fingerprint density at radius 2 is 2.10 bits per heavy atom. The van der Waals surface area contributed by atoms with Crippen LogP contribution in [0, 0.1) is 0 Å². The number of nitrogens with zero attached hydrogens (tertiary/aromatic N) is 1. The summed E-state index contributed by atoms with van der Waals surface area (Å²) in [7, 11) is 1.50. The number of phenols is 1. The number of ether oxygens (including phenoxy) is 2. The quantitative estimate of drug-likeness (QED) is 0.434. The average molecular weight is 296 g/mol. The van der Waals surface area contributed by atoms with Crippen molar-refractivity contribution in [3.8, 4) is 5.75 Å². The maximum Gasteiger partial charge on any atom is 0.325 e. The van der Waals surface area contributed by atoms with Crippen LogP contribution in [0.15, 0.2) is 18.2 Å². The van der Waals surface area contributed by atoms with Crippen molar-refractivity contribution in [2.24, 2.45) is 0 Å². The van der Waals surface area contributed by atoms with Crippen LogP contribution in [0.3, 0.4) is 0 Å². The lowest BCUT2D eigenvalue weighted by Crippen LogP contribution is -2.38. The number of carbonyl (C=O) groups is 2. The fourth-order valence-electron chi connectivity index (χ4n) is 1.68. The van der Waals surface area contributed by atoms with Crippen LogP contribution in [0.2, 0.25) is 0 Å². The molecule has 0 aromatic heterocycles. The van der Waals surface area contributed by atoms with Crippen molar-refractivity contribution in [2.75, 3.05) is 39.1 Å². The van der Waals surface area contributed by atoms with Gasteiger partial charge in [0.2, 0.25) is 0 Å². The first kappa shape index (κ1) is 16.8. The van der Waals surface area contributed by atoms with E-state index in [2.05, 4.69) is 0 Å². The third-order valence-corrected chi connectivity index (χ3v) is 2.76. The van der Waals surface area contributed by atoms with Crippen LogP contribution in [-0.2, 0) is 14.3 Å². The number of rotatable bonds is 7. The van der Waals surface area contributed by atoms with E-state index in [9.17, 15) is 14.7 Å². The molecule has 0 unspecified atom stereocenters. The second kappa shape index (κ2) is 8.11. The molecule has 1 aromatic carbocycles. The zero-order chi connectivity index (χ0) is 15.8. The minimum atomic E-state index is -0.498. The molecule has 0 atom stereocenters. The van der Waals surface area contributed by atoms with Crippen LogP contribution >= 0.6 is 0 Å². The molecule has 7 nitrogen and oxygen atoms in total. The highest BCUT2D eigenvalue weighted by Crippen LogP contribution is 2.21. The number of amides is 1. The molecule has 21 heavy (non-hydrogen) atoms. The van der Waals surface area contributed by atoms with Crippen LogP contribution in [0.1, 0.15) is 17.3 Å². The molecule has 0 radical (unpaired) electrons. The molecule has 1 rings (SSSR count). The van der Waals surface area contributed by atoms with Crippen molar-refractivity contribution in [1.29, 1.82) is 0 Å². The first-order chi connectivity index (χ1) is 9.99. The largest absolute Gasteiger partial charge is 0.506 e. The number of anilines is 1. The third kappa shape index (κ3) is 4.96. The van der Waals surface area contributed by atoms with Gasteiger partial charge in [-0.05, 0) is 25.1 Å². The summed E-state index contributed by atoms with van der Waals surface area (Å²) in [6, 6.07) is 4.19. The van der Waals surface area contributed by atoms with E-state index in [1.54, 1.807) is 6.92 Å². The second-order valence-electron chi connectivity index (χ2n) is 4.30. The first-order valence-corrected chi connectivity index (χ1v) is 6.52. The summed E-state index contributed by atoms with van der Waals surface area (Å²) in [5, 5.41) is 9.56. The number of nitrogens with two attached hydrogens (primary N) is 1. The van der Waals surface area contributed by atoms with Gasteiger partial charge in [-0.2, -0.15) is 0 Å². The van der Waals surface area contributed by atoms with Gasteiger partial charge in [0.1, 0.15) is 12.3 Å². The van der Waals surface area contributed by atoms with Crippen molar-refractivity contribution in [3.63, 3.8) is 0 Å². The molecule has 0 fully saturated rings. The van der Waals surface area contributed by atoms with Gasteiger partial charge in [0.05, 0.1) is 18.9 Å². The van der Waals surface area contributed by atoms with Gasteiger partial charge in [0.25, 0.3) is 5.91 Å². The van der Waals surface area contributed by atoms with Crippen LogP contribution in [0.4, 0.5) is 5.69 Å². The topological polar surface area (TPSA) is 102 Å². The molecular weight excluding hydrogens is 276 g/mol. The number of hydrogen-bond acceptors (Lipinski definition) is 6. The molecule has 1 aromatic rings. The summed E-state index contributed by atoms with van der Waals surface area (Å²) in [6.45, 7) is 2.28. The third-order valence-electron chi connectivity index (χ3n) is 2.76. The lowest BCUT2D eigenvalue weighted by atomic mass is 10.1. The maximum absolute atomic E-state index is 12.4. The molecule has 0 aliphatic carbocycles. The van der Waals surface area contributed by atoms with Crippen molar-refractivity contribution in [3.05, 3.63) is 23.8 Å².